The number of H-pyrrole nitrogens is 1. The van der Waals surface area contributed by atoms with Gasteiger partial charge in [0.15, 0.2) is 0 Å². The lowest BCUT2D eigenvalue weighted by molar-refractivity contribution is 0.0958. The molecule has 8 heteroatoms. The zero-order valence-electron chi connectivity index (χ0n) is 17.4. The summed E-state index contributed by atoms with van der Waals surface area (Å²) in [7, 11) is 1.58. The van der Waals surface area contributed by atoms with Crippen LogP contribution in [0, 0.1) is 0 Å². The number of pyridine rings is 3. The molecule has 0 bridgehead atoms. The van der Waals surface area contributed by atoms with Crippen LogP contribution in [-0.2, 0) is 6.54 Å². The molecule has 31 heavy (non-hydrogen) atoms. The Morgan fingerprint density at radius 2 is 2.10 bits per heavy atom. The molecular formula is C23H25N5O3. The van der Waals surface area contributed by atoms with Gasteiger partial charge in [-0.05, 0) is 55.0 Å². The van der Waals surface area contributed by atoms with E-state index in [0.29, 0.717) is 17.4 Å². The van der Waals surface area contributed by atoms with E-state index in [4.69, 9.17) is 4.74 Å². The Kier molecular flexibility index (Phi) is 5.15. The predicted octanol–water partition coefficient (Wildman–Crippen LogP) is 2.21. The fourth-order valence-electron chi connectivity index (χ4n) is 4.13. The Hall–Kier alpha value is -3.26. The van der Waals surface area contributed by atoms with E-state index in [-0.39, 0.29) is 17.6 Å². The van der Waals surface area contributed by atoms with Gasteiger partial charge in [-0.2, -0.15) is 0 Å². The minimum atomic E-state index is -0.215. The Balaban J connectivity index is 1.21. The lowest BCUT2D eigenvalue weighted by Crippen LogP contribution is -2.25. The van der Waals surface area contributed by atoms with Crippen LogP contribution >= 0.6 is 0 Å². The lowest BCUT2D eigenvalue weighted by atomic mass is 10.1. The van der Waals surface area contributed by atoms with Gasteiger partial charge in [-0.3, -0.25) is 19.5 Å². The maximum absolute atomic E-state index is 12.3. The first-order valence-corrected chi connectivity index (χ1v) is 10.7. The third-order valence-electron chi connectivity index (χ3n) is 5.93. The summed E-state index contributed by atoms with van der Waals surface area (Å²) in [6, 6.07) is 7.41. The molecule has 4 heterocycles. The molecule has 3 aromatic heterocycles. The van der Waals surface area contributed by atoms with Crippen molar-refractivity contribution in [2.45, 2.75) is 37.8 Å². The van der Waals surface area contributed by atoms with Gasteiger partial charge in [-0.1, -0.05) is 0 Å². The van der Waals surface area contributed by atoms with Crippen molar-refractivity contribution in [1.82, 2.24) is 25.2 Å². The fourth-order valence-corrected chi connectivity index (χ4v) is 4.13. The van der Waals surface area contributed by atoms with Crippen LogP contribution in [0.2, 0.25) is 0 Å². The SMILES string of the molecule is CNC(=O)c1ccc(O[C@@H]2CCN(Cc3cnc4cc(C5CC5)c(=O)[nH]c4c3)C2)cn1. The first-order valence-electron chi connectivity index (χ1n) is 10.7. The second-order valence-corrected chi connectivity index (χ2v) is 8.33. The molecule has 1 aliphatic heterocycles. The average Bonchev–Trinajstić information content (AvgIpc) is 3.53. The highest BCUT2D eigenvalue weighted by molar-refractivity contribution is 5.92. The smallest absolute Gasteiger partial charge is 0.269 e. The van der Waals surface area contributed by atoms with Crippen LogP contribution in [0.4, 0.5) is 0 Å². The number of amides is 1. The summed E-state index contributed by atoms with van der Waals surface area (Å²) >= 11 is 0. The van der Waals surface area contributed by atoms with E-state index < -0.39 is 0 Å². The highest BCUT2D eigenvalue weighted by atomic mass is 16.5. The molecule has 0 aromatic carbocycles. The van der Waals surface area contributed by atoms with Gasteiger partial charge in [0.2, 0.25) is 0 Å². The van der Waals surface area contributed by atoms with Crippen molar-refractivity contribution in [3.8, 4) is 5.75 Å². The van der Waals surface area contributed by atoms with Crippen molar-refractivity contribution in [1.29, 1.82) is 0 Å². The van der Waals surface area contributed by atoms with Gasteiger partial charge in [-0.15, -0.1) is 0 Å². The van der Waals surface area contributed by atoms with Crippen LogP contribution in [0.25, 0.3) is 11.0 Å². The average molecular weight is 419 g/mol. The minimum Gasteiger partial charge on any atom is -0.487 e. The number of aromatic amines is 1. The maximum Gasteiger partial charge on any atom is 0.269 e. The molecule has 1 aliphatic carbocycles. The Morgan fingerprint density at radius 3 is 2.84 bits per heavy atom. The summed E-state index contributed by atoms with van der Waals surface area (Å²) in [6.45, 7) is 2.47. The van der Waals surface area contributed by atoms with Crippen LogP contribution in [-0.4, -0.2) is 52.0 Å². The van der Waals surface area contributed by atoms with E-state index in [1.807, 2.05) is 18.3 Å². The highest BCUT2D eigenvalue weighted by Gasteiger charge is 2.27. The lowest BCUT2D eigenvalue weighted by Gasteiger charge is -2.17. The van der Waals surface area contributed by atoms with Crippen LogP contribution in [0.3, 0.4) is 0 Å². The van der Waals surface area contributed by atoms with Gasteiger partial charge < -0.3 is 15.0 Å². The molecule has 2 N–H and O–H groups in total. The van der Waals surface area contributed by atoms with Crippen molar-refractivity contribution in [2.24, 2.45) is 0 Å². The highest BCUT2D eigenvalue weighted by Crippen LogP contribution is 2.38. The molecule has 0 unspecified atom stereocenters. The quantitative estimate of drug-likeness (QED) is 0.635. The van der Waals surface area contributed by atoms with Crippen LogP contribution in [0.5, 0.6) is 5.75 Å². The zero-order valence-corrected chi connectivity index (χ0v) is 17.4. The summed E-state index contributed by atoms with van der Waals surface area (Å²) in [4.78, 5) is 38.0. The molecule has 1 atom stereocenters. The molecule has 1 amide bonds. The molecule has 160 valence electrons. The van der Waals surface area contributed by atoms with E-state index >= 15 is 0 Å². The first kappa shape index (κ1) is 19.7. The number of fused-ring (bicyclic) bond motifs is 1. The number of rotatable bonds is 6. The van der Waals surface area contributed by atoms with Crippen molar-refractivity contribution < 1.29 is 9.53 Å². The van der Waals surface area contributed by atoms with Crippen molar-refractivity contribution in [3.05, 3.63) is 63.8 Å². The summed E-state index contributed by atoms with van der Waals surface area (Å²) in [5.41, 5.74) is 3.96. The third-order valence-corrected chi connectivity index (χ3v) is 5.93. The van der Waals surface area contributed by atoms with Gasteiger partial charge in [-0.25, -0.2) is 4.98 Å². The largest absolute Gasteiger partial charge is 0.487 e. The number of nitrogens with zero attached hydrogens (tertiary/aromatic N) is 3. The van der Waals surface area contributed by atoms with E-state index in [9.17, 15) is 9.59 Å². The fraction of sp³-hybridized carbons (Fsp3) is 0.391. The molecule has 1 saturated heterocycles. The van der Waals surface area contributed by atoms with Gasteiger partial charge in [0.1, 0.15) is 17.5 Å². The predicted molar refractivity (Wildman–Crippen MR) is 116 cm³/mol. The van der Waals surface area contributed by atoms with E-state index in [2.05, 4.69) is 25.2 Å². The number of carbonyl (C=O) groups is 1. The molecule has 5 rings (SSSR count). The van der Waals surface area contributed by atoms with Gasteiger partial charge in [0.25, 0.3) is 11.5 Å². The Morgan fingerprint density at radius 1 is 1.23 bits per heavy atom. The number of hydrogen-bond donors (Lipinski definition) is 2. The molecule has 2 aliphatic rings. The number of nitrogens with one attached hydrogen (secondary N) is 2. The Bertz CT molecular complexity index is 1170. The van der Waals surface area contributed by atoms with Crippen LogP contribution in [0.15, 0.2) is 41.5 Å². The number of likely N-dealkylation sites (tertiary alicyclic amines) is 1. The van der Waals surface area contributed by atoms with Gasteiger partial charge in [0, 0.05) is 38.4 Å². The topological polar surface area (TPSA) is 100 Å². The first-order chi connectivity index (χ1) is 15.1. The minimum absolute atomic E-state index is 0.0135. The second kappa shape index (κ2) is 8.11. The Labute approximate surface area is 179 Å². The molecule has 2 fully saturated rings. The summed E-state index contributed by atoms with van der Waals surface area (Å²) in [5, 5.41) is 2.55. The summed E-state index contributed by atoms with van der Waals surface area (Å²) in [5.74, 6) is 0.856. The number of ether oxygens (including phenoxy) is 1. The molecule has 0 spiro atoms. The molecule has 1 saturated carbocycles. The number of carbonyl (C=O) groups excluding carboxylic acids is 1. The van der Waals surface area contributed by atoms with Gasteiger partial charge >= 0.3 is 0 Å². The maximum atomic E-state index is 12.3. The number of aromatic nitrogens is 3. The van der Waals surface area contributed by atoms with E-state index in [1.165, 1.54) is 0 Å². The van der Waals surface area contributed by atoms with Crippen LogP contribution < -0.4 is 15.6 Å². The second-order valence-electron chi connectivity index (χ2n) is 8.33. The zero-order chi connectivity index (χ0) is 21.4. The number of hydrogen-bond acceptors (Lipinski definition) is 6. The molecule has 3 aromatic rings. The molecular weight excluding hydrogens is 394 g/mol. The van der Waals surface area contributed by atoms with Crippen molar-refractivity contribution >= 4 is 16.9 Å². The summed E-state index contributed by atoms with van der Waals surface area (Å²) in [6.07, 6.45) is 6.67. The van der Waals surface area contributed by atoms with Crippen molar-refractivity contribution in [3.63, 3.8) is 0 Å². The molecule has 0 radical (unpaired) electrons. The monoisotopic (exact) mass is 419 g/mol. The van der Waals surface area contributed by atoms with E-state index in [1.54, 1.807) is 25.4 Å². The van der Waals surface area contributed by atoms with Crippen LogP contribution in [0.1, 0.15) is 46.8 Å². The normalized spacial score (nSPS) is 18.9. The summed E-state index contributed by atoms with van der Waals surface area (Å²) < 4.78 is 6.04. The third kappa shape index (κ3) is 4.29. The standard InChI is InChI=1S/C23H25N5O3/c1-24-23(30)19-5-4-16(11-26-19)31-17-6-7-28(13-17)12-14-8-21-20(25-10-14)9-18(15-2-3-15)22(29)27-21/h4-5,8-11,15,17H,2-3,6-7,12-13H2,1H3,(H,24,30)(H,27,29)/t17-/m1/s1. The van der Waals surface area contributed by atoms with E-state index in [0.717, 1.165) is 61.1 Å². The van der Waals surface area contributed by atoms with Crippen molar-refractivity contribution in [2.75, 3.05) is 20.1 Å². The van der Waals surface area contributed by atoms with Gasteiger partial charge in [0.05, 0.1) is 17.2 Å². The molecule has 8 nitrogen and oxygen atoms in total.